The van der Waals surface area contributed by atoms with Crippen LogP contribution in [0.1, 0.15) is 110 Å². The third-order valence-corrected chi connectivity index (χ3v) is 8.03. The van der Waals surface area contributed by atoms with Gasteiger partial charge in [-0.3, -0.25) is 4.18 Å². The fourth-order valence-corrected chi connectivity index (χ4v) is 5.08. The maximum absolute atomic E-state index is 10.2. The average molecular weight is 769 g/mol. The Balaban J connectivity index is 0. The summed E-state index contributed by atoms with van der Waals surface area (Å²) in [6.45, 7) is 10.4. The molecule has 0 aromatic rings. The SMILES string of the molecule is CCCCCCCCCCCCCCCCCCOCCOCCOCCOCCOCCOCCOCCOCCOCCOS(=O)(=O)[O-].[Na+]. The van der Waals surface area contributed by atoms with Gasteiger partial charge in [0.1, 0.15) is 0 Å². The topological polar surface area (TPSA) is 150 Å². The molecule has 0 saturated carbocycles. The maximum Gasteiger partial charge on any atom is 1.00 e. The second-order valence-electron chi connectivity index (χ2n) is 12.0. The Morgan fingerprint density at radius 2 is 0.510 bits per heavy atom. The van der Waals surface area contributed by atoms with E-state index >= 15 is 0 Å². The van der Waals surface area contributed by atoms with Crippen molar-refractivity contribution in [3.8, 4) is 0 Å². The third-order valence-electron chi connectivity index (χ3n) is 7.57. The monoisotopic (exact) mass is 768 g/mol. The number of unbranched alkanes of at least 4 members (excludes halogenated alkanes) is 15. The van der Waals surface area contributed by atoms with Gasteiger partial charge in [0, 0.05) is 6.61 Å². The van der Waals surface area contributed by atoms with Gasteiger partial charge in [-0.1, -0.05) is 103 Å². The van der Waals surface area contributed by atoms with E-state index in [4.69, 9.17) is 42.6 Å². The molecule has 0 N–H and O–H groups in total. The molecule has 0 unspecified atom stereocenters. The zero-order valence-electron chi connectivity index (χ0n) is 32.5. The Morgan fingerprint density at radius 3 is 0.745 bits per heavy atom. The van der Waals surface area contributed by atoms with Crippen LogP contribution >= 0.6 is 0 Å². The smallest absolute Gasteiger partial charge is 0.726 e. The predicted octanol–water partition coefficient (Wildman–Crippen LogP) is 2.88. The Kier molecular flexibility index (Phi) is 49.1. The molecule has 0 radical (unpaired) electrons. The van der Waals surface area contributed by atoms with Crippen LogP contribution in [0.15, 0.2) is 0 Å². The van der Waals surface area contributed by atoms with Crippen molar-refractivity contribution in [2.75, 3.05) is 126 Å². The van der Waals surface area contributed by atoms with Crippen molar-refractivity contribution < 1.29 is 89.3 Å². The molecule has 51 heavy (non-hydrogen) atoms. The van der Waals surface area contributed by atoms with E-state index in [0.717, 1.165) is 13.0 Å². The summed E-state index contributed by atoms with van der Waals surface area (Å²) in [4.78, 5) is 0. The third kappa shape index (κ3) is 52.7. The number of ether oxygens (including phenoxy) is 9. The molecule has 0 aliphatic rings. The van der Waals surface area contributed by atoms with Gasteiger partial charge in [-0.25, -0.2) is 8.42 Å². The van der Waals surface area contributed by atoms with Gasteiger partial charge in [0.2, 0.25) is 10.4 Å². The van der Waals surface area contributed by atoms with Crippen LogP contribution in [0, 0.1) is 0 Å². The second kappa shape index (κ2) is 46.7. The summed E-state index contributed by atoms with van der Waals surface area (Å²) in [5, 5.41) is 0. The Morgan fingerprint density at radius 1 is 0.314 bits per heavy atom. The fraction of sp³-hybridized carbons (Fsp3) is 1.00. The minimum atomic E-state index is -4.67. The molecule has 0 aromatic carbocycles. The van der Waals surface area contributed by atoms with Gasteiger partial charge in [0.15, 0.2) is 0 Å². The van der Waals surface area contributed by atoms with E-state index in [1.54, 1.807) is 0 Å². The van der Waals surface area contributed by atoms with Gasteiger partial charge in [0.25, 0.3) is 0 Å². The molecular formula is C36H73NaO13S. The molecule has 13 nitrogen and oxygen atoms in total. The van der Waals surface area contributed by atoms with Crippen LogP contribution in [-0.2, 0) is 57.2 Å². The Bertz CT molecular complexity index is 738. The molecule has 0 heterocycles. The van der Waals surface area contributed by atoms with Crippen molar-refractivity contribution in [2.45, 2.75) is 110 Å². The molecule has 0 aromatic heterocycles. The van der Waals surface area contributed by atoms with Crippen LogP contribution in [0.25, 0.3) is 0 Å². The average Bonchev–Trinajstić information content (AvgIpc) is 3.09. The van der Waals surface area contributed by atoms with Crippen molar-refractivity contribution in [1.82, 2.24) is 0 Å². The van der Waals surface area contributed by atoms with Gasteiger partial charge < -0.3 is 47.2 Å². The largest absolute Gasteiger partial charge is 1.00 e. The van der Waals surface area contributed by atoms with E-state index in [2.05, 4.69) is 11.1 Å². The molecule has 0 spiro atoms. The maximum atomic E-state index is 10.2. The molecule has 0 saturated heterocycles. The zero-order chi connectivity index (χ0) is 36.3. The zero-order valence-corrected chi connectivity index (χ0v) is 35.3. The van der Waals surface area contributed by atoms with E-state index in [9.17, 15) is 13.0 Å². The molecule has 302 valence electrons. The molecule has 15 heteroatoms. The van der Waals surface area contributed by atoms with Crippen LogP contribution in [0.4, 0.5) is 0 Å². The van der Waals surface area contributed by atoms with Crippen molar-refractivity contribution in [1.29, 1.82) is 0 Å². The minimum absolute atomic E-state index is 0. The molecule has 0 amide bonds. The van der Waals surface area contributed by atoms with E-state index in [-0.39, 0.29) is 49.4 Å². The predicted molar refractivity (Wildman–Crippen MR) is 193 cm³/mol. The van der Waals surface area contributed by atoms with Crippen molar-refractivity contribution in [3.05, 3.63) is 0 Å². The van der Waals surface area contributed by atoms with Crippen LogP contribution in [0.3, 0.4) is 0 Å². The van der Waals surface area contributed by atoms with Crippen molar-refractivity contribution in [3.63, 3.8) is 0 Å². The Labute approximate surface area is 333 Å². The summed E-state index contributed by atoms with van der Waals surface area (Å²) < 4.78 is 83.6. The minimum Gasteiger partial charge on any atom is -0.726 e. The fourth-order valence-electron chi connectivity index (χ4n) is 4.81. The first-order chi connectivity index (χ1) is 24.6. The van der Waals surface area contributed by atoms with Crippen LogP contribution in [0.5, 0.6) is 0 Å². The van der Waals surface area contributed by atoms with Gasteiger partial charge in [-0.2, -0.15) is 0 Å². The van der Waals surface area contributed by atoms with Gasteiger partial charge >= 0.3 is 29.6 Å². The van der Waals surface area contributed by atoms with Crippen LogP contribution in [0.2, 0.25) is 0 Å². The Hall–Kier alpha value is 0.510. The summed E-state index contributed by atoms with van der Waals surface area (Å²) in [5.41, 5.74) is 0. The molecule has 0 fully saturated rings. The molecule has 0 bridgehead atoms. The first kappa shape index (κ1) is 53.6. The van der Waals surface area contributed by atoms with E-state index in [0.29, 0.717) is 99.1 Å². The van der Waals surface area contributed by atoms with Gasteiger partial charge in [-0.15, -0.1) is 0 Å². The van der Waals surface area contributed by atoms with Crippen molar-refractivity contribution in [2.24, 2.45) is 0 Å². The number of hydrogen-bond donors (Lipinski definition) is 0. The standard InChI is InChI=1S/C36H74O13S.Na/c1-2-3-4-5-6-7-8-9-10-11-12-13-14-15-16-17-18-40-19-20-41-21-22-42-23-24-43-25-26-44-27-28-45-29-30-46-31-32-47-33-34-48-35-36-49-50(37,38)39;/h2-36H2,1H3,(H,37,38,39);/q;+1/p-1. The van der Waals surface area contributed by atoms with Crippen LogP contribution in [-0.4, -0.2) is 139 Å². The molecular weight excluding hydrogens is 695 g/mol. The summed E-state index contributed by atoms with van der Waals surface area (Å²) >= 11 is 0. The van der Waals surface area contributed by atoms with Crippen LogP contribution < -0.4 is 29.6 Å². The second-order valence-corrected chi connectivity index (χ2v) is 13.1. The van der Waals surface area contributed by atoms with Crippen molar-refractivity contribution >= 4 is 10.4 Å². The first-order valence-electron chi connectivity index (χ1n) is 19.4. The van der Waals surface area contributed by atoms with E-state index in [1.165, 1.54) is 96.3 Å². The summed E-state index contributed by atoms with van der Waals surface area (Å²) in [6.07, 6.45) is 22.1. The molecule has 0 atom stereocenters. The van der Waals surface area contributed by atoms with Gasteiger partial charge in [-0.05, 0) is 6.42 Å². The molecule has 0 aliphatic heterocycles. The quantitative estimate of drug-likeness (QED) is 0.0387. The molecule has 0 rings (SSSR count). The number of rotatable bonds is 45. The first-order valence-corrected chi connectivity index (χ1v) is 20.7. The summed E-state index contributed by atoms with van der Waals surface area (Å²) in [5.74, 6) is 0. The van der Waals surface area contributed by atoms with E-state index < -0.39 is 10.4 Å². The van der Waals surface area contributed by atoms with Gasteiger partial charge in [0.05, 0.1) is 119 Å². The summed E-state index contributed by atoms with van der Waals surface area (Å²) in [7, 11) is -4.67. The normalized spacial score (nSPS) is 11.7. The molecule has 0 aliphatic carbocycles. The number of hydrogen-bond acceptors (Lipinski definition) is 13. The van der Waals surface area contributed by atoms with E-state index in [1.807, 2.05) is 0 Å². The summed E-state index contributed by atoms with van der Waals surface area (Å²) in [6, 6.07) is 0.